The molecule has 6 heteroatoms. The zero-order valence-corrected chi connectivity index (χ0v) is 54.2. The summed E-state index contributed by atoms with van der Waals surface area (Å²) < 4.78 is 17.0. The number of hydrogen-bond donors (Lipinski definition) is 0. The third-order valence-electron chi connectivity index (χ3n) is 14.6. The fraction of sp³-hybridized carbons (Fsp3) is 0.675. The maximum atomic E-state index is 13.0. The molecule has 472 valence electrons. The summed E-state index contributed by atoms with van der Waals surface area (Å²) in [6, 6.07) is 0. The quantitative estimate of drug-likeness (QED) is 0.0261. The molecule has 0 saturated carbocycles. The molecule has 0 spiro atoms. The van der Waals surface area contributed by atoms with Crippen molar-refractivity contribution < 1.29 is 28.6 Å². The molecule has 6 nitrogen and oxygen atoms in total. The van der Waals surface area contributed by atoms with E-state index in [-0.39, 0.29) is 31.1 Å². The smallest absolute Gasteiger partial charge is 0.306 e. The van der Waals surface area contributed by atoms with E-state index in [0.29, 0.717) is 19.3 Å². The fourth-order valence-corrected chi connectivity index (χ4v) is 9.49. The molecule has 0 aliphatic rings. The molecule has 83 heavy (non-hydrogen) atoms. The first-order valence-electron chi connectivity index (χ1n) is 34.7. The van der Waals surface area contributed by atoms with Crippen LogP contribution in [0.3, 0.4) is 0 Å². The van der Waals surface area contributed by atoms with E-state index in [0.717, 1.165) is 148 Å². The Morgan fingerprint density at radius 2 is 0.470 bits per heavy atom. The number of ether oxygens (including phenoxy) is 3. The largest absolute Gasteiger partial charge is 0.462 e. The van der Waals surface area contributed by atoms with Crippen molar-refractivity contribution in [1.29, 1.82) is 0 Å². The van der Waals surface area contributed by atoms with E-state index in [9.17, 15) is 14.4 Å². The molecule has 0 rings (SSSR count). The summed E-state index contributed by atoms with van der Waals surface area (Å²) in [5.74, 6) is -0.911. The lowest BCUT2D eigenvalue weighted by Gasteiger charge is -2.18. The van der Waals surface area contributed by atoms with E-state index in [1.54, 1.807) is 0 Å². The van der Waals surface area contributed by atoms with Crippen LogP contribution in [0.4, 0.5) is 0 Å². The second kappa shape index (κ2) is 70.0. The lowest BCUT2D eigenvalue weighted by Crippen LogP contribution is -2.30. The minimum Gasteiger partial charge on any atom is -0.462 e. The van der Waals surface area contributed by atoms with E-state index < -0.39 is 6.10 Å². The predicted octanol–water partition coefficient (Wildman–Crippen LogP) is 24.1. The maximum Gasteiger partial charge on any atom is 0.306 e. The van der Waals surface area contributed by atoms with Gasteiger partial charge >= 0.3 is 17.9 Å². The van der Waals surface area contributed by atoms with Gasteiger partial charge in [-0.2, -0.15) is 0 Å². The first kappa shape index (κ1) is 78.5. The second-order valence-corrected chi connectivity index (χ2v) is 22.7. The Kier molecular flexibility index (Phi) is 66.3. The van der Waals surface area contributed by atoms with Crippen molar-refractivity contribution in [3.63, 3.8) is 0 Å². The van der Waals surface area contributed by atoms with Gasteiger partial charge in [0.2, 0.25) is 0 Å². The maximum absolute atomic E-state index is 13.0. The van der Waals surface area contributed by atoms with Gasteiger partial charge in [0.25, 0.3) is 0 Å². The molecule has 0 aromatic carbocycles. The highest BCUT2D eigenvalue weighted by molar-refractivity contribution is 5.71. The molecule has 0 aliphatic carbocycles. The highest BCUT2D eigenvalue weighted by atomic mass is 16.6. The van der Waals surface area contributed by atoms with Gasteiger partial charge in [0.05, 0.1) is 0 Å². The Balaban J connectivity index is 4.39. The third-order valence-corrected chi connectivity index (χ3v) is 14.6. The van der Waals surface area contributed by atoms with Crippen molar-refractivity contribution >= 4 is 17.9 Å². The zero-order valence-electron chi connectivity index (χ0n) is 54.2. The number of carbonyl (C=O) groups is 3. The standard InChI is InChI=1S/C77H128O6/c1-4-7-10-13-16-19-22-25-28-30-32-34-36-38-40-42-44-46-49-52-55-58-61-64-67-70-76(79)82-73-74(72-81-75(78)69-66-63-60-57-54-51-48-27-24-21-18-15-12-9-6-3)83-77(80)71-68-65-62-59-56-53-50-47-45-43-41-39-37-35-33-31-29-26-23-20-17-14-11-8-5-2/h7,9-10,12,16,18-19,21,23,25-28,31-34,37-40,48,74H,4-6,8,11,13-15,17,20,22,24,29-30,35-36,41-47,49-73H2,1-3H3/b10-7-,12-9-,19-16-,21-18-,26-23-,28-25-,33-31-,34-32-,39-37-,40-38-,48-27-. The Bertz CT molecular complexity index is 1750. The summed E-state index contributed by atoms with van der Waals surface area (Å²) in [5.41, 5.74) is 0. The van der Waals surface area contributed by atoms with Gasteiger partial charge in [-0.3, -0.25) is 14.4 Å². The first-order chi connectivity index (χ1) is 41.0. The van der Waals surface area contributed by atoms with Crippen LogP contribution in [0.25, 0.3) is 0 Å². The highest BCUT2D eigenvalue weighted by Gasteiger charge is 2.19. The molecule has 0 amide bonds. The van der Waals surface area contributed by atoms with Gasteiger partial charge in [0.1, 0.15) is 13.2 Å². The second-order valence-electron chi connectivity index (χ2n) is 22.7. The van der Waals surface area contributed by atoms with Crippen molar-refractivity contribution in [2.24, 2.45) is 0 Å². The minimum atomic E-state index is -0.797. The van der Waals surface area contributed by atoms with Gasteiger partial charge in [0, 0.05) is 19.3 Å². The van der Waals surface area contributed by atoms with Crippen LogP contribution in [0.15, 0.2) is 134 Å². The SMILES string of the molecule is CC/C=C\C/C=C\C/C=C\C/C=C\C/C=C\CCCCCCCCCCCC(=O)OCC(COC(=O)CCCCCCC/C=C\C/C=C\C/C=C\CC)OC(=O)CCCCCCCCCCCC/C=C\C/C=C\C/C=C\CCCCCCC. The van der Waals surface area contributed by atoms with Crippen LogP contribution in [0, 0.1) is 0 Å². The predicted molar refractivity (Wildman–Crippen MR) is 362 cm³/mol. The van der Waals surface area contributed by atoms with Gasteiger partial charge in [-0.15, -0.1) is 0 Å². The molecule has 0 fully saturated rings. The summed E-state index contributed by atoms with van der Waals surface area (Å²) in [7, 11) is 0. The van der Waals surface area contributed by atoms with Crippen LogP contribution in [-0.4, -0.2) is 37.2 Å². The van der Waals surface area contributed by atoms with Gasteiger partial charge in [-0.25, -0.2) is 0 Å². The Morgan fingerprint density at radius 3 is 0.735 bits per heavy atom. The Hall–Kier alpha value is -4.45. The number of esters is 3. The van der Waals surface area contributed by atoms with E-state index >= 15 is 0 Å². The molecule has 0 aromatic rings. The van der Waals surface area contributed by atoms with Gasteiger partial charge < -0.3 is 14.2 Å². The van der Waals surface area contributed by atoms with Crippen LogP contribution in [-0.2, 0) is 28.6 Å². The average Bonchev–Trinajstić information content (AvgIpc) is 3.49. The molecule has 1 atom stereocenters. The van der Waals surface area contributed by atoms with Crippen LogP contribution in [0.5, 0.6) is 0 Å². The number of unbranched alkanes of at least 4 members (excludes halogenated alkanes) is 29. The number of allylic oxidation sites excluding steroid dienone is 22. The molecule has 0 saturated heterocycles. The van der Waals surface area contributed by atoms with E-state index in [1.165, 1.54) is 128 Å². The van der Waals surface area contributed by atoms with E-state index in [2.05, 4.69) is 154 Å². The van der Waals surface area contributed by atoms with Crippen LogP contribution in [0.1, 0.15) is 316 Å². The molecule has 1 unspecified atom stereocenters. The summed E-state index contributed by atoms with van der Waals surface area (Å²) in [6.07, 6.45) is 98.9. The molecule has 0 radical (unpaired) electrons. The van der Waals surface area contributed by atoms with Gasteiger partial charge in [-0.1, -0.05) is 296 Å². The van der Waals surface area contributed by atoms with Crippen molar-refractivity contribution in [3.05, 3.63) is 134 Å². The topological polar surface area (TPSA) is 78.9 Å². The molecule has 0 aliphatic heterocycles. The van der Waals surface area contributed by atoms with E-state index in [1.807, 2.05) is 0 Å². The average molecular weight is 1150 g/mol. The molecular weight excluding hydrogens is 1020 g/mol. The molecule has 0 N–H and O–H groups in total. The monoisotopic (exact) mass is 1150 g/mol. The summed E-state index contributed by atoms with van der Waals surface area (Å²) in [5, 5.41) is 0. The normalized spacial score (nSPS) is 13.0. The summed E-state index contributed by atoms with van der Waals surface area (Å²) in [6.45, 7) is 6.40. The van der Waals surface area contributed by atoms with Crippen molar-refractivity contribution in [1.82, 2.24) is 0 Å². The lowest BCUT2D eigenvalue weighted by atomic mass is 10.0. The van der Waals surface area contributed by atoms with Crippen molar-refractivity contribution in [2.45, 2.75) is 322 Å². The number of rotatable bonds is 62. The first-order valence-corrected chi connectivity index (χ1v) is 34.7. The fourth-order valence-electron chi connectivity index (χ4n) is 9.49. The van der Waals surface area contributed by atoms with Crippen LogP contribution < -0.4 is 0 Å². The molecule has 0 aromatic heterocycles. The van der Waals surface area contributed by atoms with E-state index in [4.69, 9.17) is 14.2 Å². The zero-order chi connectivity index (χ0) is 59.9. The van der Waals surface area contributed by atoms with Crippen LogP contribution >= 0.6 is 0 Å². The summed E-state index contributed by atoms with van der Waals surface area (Å²) >= 11 is 0. The van der Waals surface area contributed by atoms with Crippen LogP contribution in [0.2, 0.25) is 0 Å². The van der Waals surface area contributed by atoms with Crippen molar-refractivity contribution in [3.8, 4) is 0 Å². The number of hydrogen-bond acceptors (Lipinski definition) is 6. The Labute approximate surface area is 513 Å². The molecule has 0 bridgehead atoms. The minimum absolute atomic E-state index is 0.0914. The lowest BCUT2D eigenvalue weighted by molar-refractivity contribution is -0.167. The summed E-state index contributed by atoms with van der Waals surface area (Å²) in [4.78, 5) is 38.5. The van der Waals surface area contributed by atoms with Gasteiger partial charge in [0.15, 0.2) is 6.10 Å². The third kappa shape index (κ3) is 68.2. The molecular formula is C77H128O6. The van der Waals surface area contributed by atoms with Gasteiger partial charge in [-0.05, 0) is 135 Å². The van der Waals surface area contributed by atoms with Crippen molar-refractivity contribution in [2.75, 3.05) is 13.2 Å². The number of carbonyl (C=O) groups excluding carboxylic acids is 3. The highest BCUT2D eigenvalue weighted by Crippen LogP contribution is 2.16. The molecule has 0 heterocycles. The Morgan fingerprint density at radius 1 is 0.253 bits per heavy atom.